The highest BCUT2D eigenvalue weighted by Crippen LogP contribution is 2.35. The highest BCUT2D eigenvalue weighted by Gasteiger charge is 2.19. The molecule has 5 nitrogen and oxygen atoms in total. The Morgan fingerprint density at radius 2 is 2.25 bits per heavy atom. The summed E-state index contributed by atoms with van der Waals surface area (Å²) >= 11 is 0. The standard InChI is InChI=1S/C15H16N2O3/c1-2-20-12-7-9(8-18)6-11-13(12)14-10(15(19)17-11)4-3-5-16-14/h6-8,16H,2-5H2,1H3,(H,17,19). The summed E-state index contributed by atoms with van der Waals surface area (Å²) < 4.78 is 5.65. The Morgan fingerprint density at radius 1 is 1.40 bits per heavy atom. The predicted octanol–water partition coefficient (Wildman–Crippen LogP) is 2.10. The third kappa shape index (κ3) is 1.95. The number of hydrogen-bond donors (Lipinski definition) is 2. The molecule has 0 unspecified atom stereocenters. The van der Waals surface area contributed by atoms with Crippen molar-refractivity contribution in [3.63, 3.8) is 0 Å². The first-order valence-electron chi connectivity index (χ1n) is 6.79. The molecule has 0 radical (unpaired) electrons. The lowest BCUT2D eigenvalue weighted by Gasteiger charge is -2.21. The van der Waals surface area contributed by atoms with Crippen LogP contribution in [0.1, 0.15) is 29.3 Å². The van der Waals surface area contributed by atoms with Gasteiger partial charge in [0.1, 0.15) is 12.0 Å². The highest BCUT2D eigenvalue weighted by atomic mass is 16.5. The molecule has 0 spiro atoms. The largest absolute Gasteiger partial charge is 0.493 e. The van der Waals surface area contributed by atoms with Gasteiger partial charge in [-0.2, -0.15) is 0 Å². The Kier molecular flexibility index (Phi) is 3.18. The lowest BCUT2D eigenvalue weighted by molar-refractivity contribution is 0.112. The van der Waals surface area contributed by atoms with Crippen LogP contribution in [-0.2, 0) is 6.42 Å². The minimum absolute atomic E-state index is 0.0924. The van der Waals surface area contributed by atoms with E-state index >= 15 is 0 Å². The average molecular weight is 272 g/mol. The number of aromatic nitrogens is 1. The summed E-state index contributed by atoms with van der Waals surface area (Å²) in [6.07, 6.45) is 2.46. The summed E-state index contributed by atoms with van der Waals surface area (Å²) in [4.78, 5) is 26.0. The van der Waals surface area contributed by atoms with Crippen LogP contribution in [0.5, 0.6) is 5.75 Å². The van der Waals surface area contributed by atoms with Crippen molar-refractivity contribution in [2.75, 3.05) is 18.5 Å². The molecule has 1 aliphatic heterocycles. The molecule has 0 saturated heterocycles. The Balaban J connectivity index is 2.39. The van der Waals surface area contributed by atoms with Gasteiger partial charge in [-0.1, -0.05) is 0 Å². The van der Waals surface area contributed by atoms with E-state index in [0.29, 0.717) is 23.4 Å². The van der Waals surface area contributed by atoms with Gasteiger partial charge < -0.3 is 15.0 Å². The quantitative estimate of drug-likeness (QED) is 0.839. The molecule has 3 rings (SSSR count). The van der Waals surface area contributed by atoms with Gasteiger partial charge in [-0.15, -0.1) is 0 Å². The summed E-state index contributed by atoms with van der Waals surface area (Å²) in [7, 11) is 0. The first kappa shape index (κ1) is 12.7. The van der Waals surface area contributed by atoms with Crippen molar-refractivity contribution in [2.45, 2.75) is 19.8 Å². The molecular weight excluding hydrogens is 256 g/mol. The van der Waals surface area contributed by atoms with Crippen molar-refractivity contribution >= 4 is 22.9 Å². The molecule has 0 aliphatic carbocycles. The van der Waals surface area contributed by atoms with E-state index in [0.717, 1.165) is 42.3 Å². The van der Waals surface area contributed by atoms with Crippen LogP contribution in [-0.4, -0.2) is 24.4 Å². The topological polar surface area (TPSA) is 71.2 Å². The highest BCUT2D eigenvalue weighted by molar-refractivity contribution is 6.00. The van der Waals surface area contributed by atoms with Gasteiger partial charge in [-0.25, -0.2) is 0 Å². The molecule has 0 amide bonds. The molecule has 0 atom stereocenters. The van der Waals surface area contributed by atoms with E-state index < -0.39 is 0 Å². The van der Waals surface area contributed by atoms with Crippen molar-refractivity contribution in [3.8, 4) is 5.75 Å². The Hall–Kier alpha value is -2.30. The second-order valence-electron chi connectivity index (χ2n) is 4.83. The zero-order valence-corrected chi connectivity index (χ0v) is 11.3. The number of aromatic amines is 1. The Bertz CT molecular complexity index is 734. The number of anilines is 1. The lowest BCUT2D eigenvalue weighted by Crippen LogP contribution is -2.22. The van der Waals surface area contributed by atoms with E-state index in [2.05, 4.69) is 10.3 Å². The molecule has 1 aromatic heterocycles. The summed E-state index contributed by atoms with van der Waals surface area (Å²) in [5.74, 6) is 0.633. The van der Waals surface area contributed by atoms with E-state index in [1.165, 1.54) is 0 Å². The van der Waals surface area contributed by atoms with Gasteiger partial charge in [-0.3, -0.25) is 9.59 Å². The van der Waals surface area contributed by atoms with E-state index in [-0.39, 0.29) is 5.56 Å². The maximum absolute atomic E-state index is 12.1. The number of benzene rings is 1. The number of rotatable bonds is 3. The van der Waals surface area contributed by atoms with Crippen molar-refractivity contribution in [1.29, 1.82) is 0 Å². The van der Waals surface area contributed by atoms with Crippen LogP contribution in [0.3, 0.4) is 0 Å². The van der Waals surface area contributed by atoms with E-state index in [4.69, 9.17) is 4.74 Å². The maximum Gasteiger partial charge on any atom is 0.253 e. The average Bonchev–Trinajstić information content (AvgIpc) is 2.47. The fraction of sp³-hybridized carbons (Fsp3) is 0.333. The first-order valence-corrected chi connectivity index (χ1v) is 6.79. The Labute approximate surface area is 116 Å². The SMILES string of the molecule is CCOc1cc(C=O)cc2[nH]c(=O)c3c(c12)NCCC3. The van der Waals surface area contributed by atoms with Gasteiger partial charge in [-0.05, 0) is 31.9 Å². The molecule has 104 valence electrons. The normalized spacial score (nSPS) is 13.7. The second kappa shape index (κ2) is 5.00. The van der Waals surface area contributed by atoms with Gasteiger partial charge in [0.05, 0.1) is 23.2 Å². The fourth-order valence-corrected chi connectivity index (χ4v) is 2.70. The lowest BCUT2D eigenvalue weighted by atomic mass is 10.00. The minimum Gasteiger partial charge on any atom is -0.493 e. The molecule has 0 saturated carbocycles. The van der Waals surface area contributed by atoms with E-state index in [1.54, 1.807) is 12.1 Å². The summed E-state index contributed by atoms with van der Waals surface area (Å²) in [5, 5.41) is 4.15. The molecule has 0 fully saturated rings. The minimum atomic E-state index is -0.0924. The molecule has 2 aromatic rings. The first-order chi connectivity index (χ1) is 9.74. The van der Waals surface area contributed by atoms with Crippen molar-refractivity contribution in [2.24, 2.45) is 0 Å². The van der Waals surface area contributed by atoms with E-state index in [1.807, 2.05) is 6.92 Å². The van der Waals surface area contributed by atoms with Crippen LogP contribution in [0.4, 0.5) is 5.69 Å². The smallest absolute Gasteiger partial charge is 0.253 e. The van der Waals surface area contributed by atoms with Gasteiger partial charge in [0.15, 0.2) is 0 Å². The van der Waals surface area contributed by atoms with Crippen molar-refractivity contribution < 1.29 is 9.53 Å². The second-order valence-corrected chi connectivity index (χ2v) is 4.83. The third-order valence-electron chi connectivity index (χ3n) is 3.54. The molecule has 20 heavy (non-hydrogen) atoms. The van der Waals surface area contributed by atoms with Crippen LogP contribution >= 0.6 is 0 Å². The number of hydrogen-bond acceptors (Lipinski definition) is 4. The van der Waals surface area contributed by atoms with Gasteiger partial charge in [0, 0.05) is 17.7 Å². The fourth-order valence-electron chi connectivity index (χ4n) is 2.70. The van der Waals surface area contributed by atoms with Crippen LogP contribution < -0.4 is 15.6 Å². The molecule has 5 heteroatoms. The van der Waals surface area contributed by atoms with Crippen molar-refractivity contribution in [3.05, 3.63) is 33.6 Å². The third-order valence-corrected chi connectivity index (χ3v) is 3.54. The zero-order chi connectivity index (χ0) is 14.1. The van der Waals surface area contributed by atoms with Gasteiger partial charge in [0.2, 0.25) is 0 Å². The van der Waals surface area contributed by atoms with Crippen LogP contribution in [0.25, 0.3) is 10.9 Å². The van der Waals surface area contributed by atoms with Crippen LogP contribution in [0.15, 0.2) is 16.9 Å². The predicted molar refractivity (Wildman–Crippen MR) is 77.9 cm³/mol. The van der Waals surface area contributed by atoms with Gasteiger partial charge in [0.25, 0.3) is 5.56 Å². The molecular formula is C15H16N2O3. The van der Waals surface area contributed by atoms with Gasteiger partial charge >= 0.3 is 0 Å². The number of aldehydes is 1. The molecule has 2 heterocycles. The molecule has 0 bridgehead atoms. The Morgan fingerprint density at radius 3 is 3.00 bits per heavy atom. The molecule has 1 aliphatic rings. The number of carbonyl (C=O) groups is 1. The summed E-state index contributed by atoms with van der Waals surface area (Å²) in [6, 6.07) is 3.40. The van der Waals surface area contributed by atoms with Crippen LogP contribution in [0.2, 0.25) is 0 Å². The van der Waals surface area contributed by atoms with Crippen molar-refractivity contribution in [1.82, 2.24) is 4.98 Å². The monoisotopic (exact) mass is 272 g/mol. The number of nitrogens with one attached hydrogen (secondary N) is 2. The number of pyridine rings is 1. The molecule has 2 N–H and O–H groups in total. The van der Waals surface area contributed by atoms with Crippen LogP contribution in [0, 0.1) is 0 Å². The van der Waals surface area contributed by atoms with E-state index in [9.17, 15) is 9.59 Å². The zero-order valence-electron chi connectivity index (χ0n) is 11.3. The number of ether oxygens (including phenoxy) is 1. The number of H-pyrrole nitrogens is 1. The maximum atomic E-state index is 12.1. The molecule has 1 aromatic carbocycles. The summed E-state index contributed by atoms with van der Waals surface area (Å²) in [6.45, 7) is 3.24. The number of carbonyl (C=O) groups excluding carboxylic acids is 1. The number of fused-ring (bicyclic) bond motifs is 3. The summed E-state index contributed by atoms with van der Waals surface area (Å²) in [5.41, 5.74) is 2.65.